The monoisotopic (exact) mass is 525 g/mol. The van der Waals surface area contributed by atoms with Gasteiger partial charge in [0.1, 0.15) is 10.6 Å². The van der Waals surface area contributed by atoms with Crippen molar-refractivity contribution in [3.63, 3.8) is 0 Å². The molecule has 0 bridgehead atoms. The molecule has 0 aliphatic carbocycles. The molecule has 1 aliphatic rings. The number of hydrogen-bond acceptors (Lipinski definition) is 8. The normalized spacial score (nSPS) is 14.9. The quantitative estimate of drug-likeness (QED) is 0.263. The summed E-state index contributed by atoms with van der Waals surface area (Å²) in [6, 6.07) is 9.38. The van der Waals surface area contributed by atoms with Crippen LogP contribution in [0.2, 0.25) is 5.02 Å². The standard InChI is InChI=1S/C26H24ClN3O5S/c1-4-5-6-11-34-19-9-7-15(12-20(19)33-3)22-21-23(31)17-13-16(27)8-10-18(17)35-24(21)25(32)30(22)26-29-28-14(2)36-26/h7-10,12-13,22H,4-6,11H2,1-3H3. The highest BCUT2D eigenvalue weighted by Crippen LogP contribution is 2.44. The molecule has 186 valence electrons. The molecule has 1 amide bonds. The first-order valence-corrected chi connectivity index (χ1v) is 12.8. The van der Waals surface area contributed by atoms with Crippen LogP contribution in [-0.2, 0) is 0 Å². The topological polar surface area (TPSA) is 94.8 Å². The summed E-state index contributed by atoms with van der Waals surface area (Å²) < 4.78 is 17.5. The highest BCUT2D eigenvalue weighted by atomic mass is 35.5. The number of aromatic nitrogens is 2. The van der Waals surface area contributed by atoms with Crippen LogP contribution in [0.15, 0.2) is 45.6 Å². The van der Waals surface area contributed by atoms with Gasteiger partial charge in [-0.25, -0.2) is 0 Å². The summed E-state index contributed by atoms with van der Waals surface area (Å²) in [6.07, 6.45) is 3.11. The number of anilines is 1. The Morgan fingerprint density at radius 2 is 1.94 bits per heavy atom. The first-order valence-electron chi connectivity index (χ1n) is 11.6. The van der Waals surface area contributed by atoms with E-state index in [9.17, 15) is 9.59 Å². The molecule has 0 spiro atoms. The Morgan fingerprint density at radius 1 is 1.11 bits per heavy atom. The molecule has 4 aromatic rings. The predicted octanol–water partition coefficient (Wildman–Crippen LogP) is 5.93. The largest absolute Gasteiger partial charge is 0.493 e. The third-order valence-corrected chi connectivity index (χ3v) is 7.14. The second-order valence-corrected chi connectivity index (χ2v) is 10.1. The molecule has 1 unspecified atom stereocenters. The van der Waals surface area contributed by atoms with Gasteiger partial charge in [-0.05, 0) is 49.2 Å². The minimum absolute atomic E-state index is 0.0217. The number of carbonyl (C=O) groups excluding carboxylic acids is 1. The zero-order chi connectivity index (χ0) is 25.4. The van der Waals surface area contributed by atoms with Gasteiger partial charge in [-0.3, -0.25) is 14.5 Å². The van der Waals surface area contributed by atoms with Crippen molar-refractivity contribution in [1.82, 2.24) is 10.2 Å². The summed E-state index contributed by atoms with van der Waals surface area (Å²) in [4.78, 5) is 28.8. The summed E-state index contributed by atoms with van der Waals surface area (Å²) in [5, 5.41) is 10.0. The number of unbranched alkanes of at least 4 members (excludes halogenated alkanes) is 2. The van der Waals surface area contributed by atoms with Gasteiger partial charge in [0.05, 0.1) is 30.7 Å². The van der Waals surface area contributed by atoms with Crippen molar-refractivity contribution in [2.24, 2.45) is 0 Å². The number of fused-ring (bicyclic) bond motifs is 2. The summed E-state index contributed by atoms with van der Waals surface area (Å²) in [6.45, 7) is 4.51. The van der Waals surface area contributed by atoms with Gasteiger partial charge in [0.2, 0.25) is 10.9 Å². The van der Waals surface area contributed by atoms with E-state index in [0.29, 0.717) is 49.8 Å². The van der Waals surface area contributed by atoms with E-state index < -0.39 is 11.9 Å². The molecule has 5 rings (SSSR count). The Balaban J connectivity index is 1.66. The number of carbonyl (C=O) groups is 1. The average molecular weight is 526 g/mol. The molecule has 0 saturated heterocycles. The fraction of sp³-hybridized carbons (Fsp3) is 0.308. The maximum atomic E-state index is 13.7. The predicted molar refractivity (Wildman–Crippen MR) is 139 cm³/mol. The highest BCUT2D eigenvalue weighted by Gasteiger charge is 2.45. The molecule has 10 heteroatoms. The molecule has 3 heterocycles. The number of methoxy groups -OCH3 is 1. The fourth-order valence-corrected chi connectivity index (χ4v) is 5.24. The van der Waals surface area contributed by atoms with E-state index >= 15 is 0 Å². The highest BCUT2D eigenvalue weighted by molar-refractivity contribution is 7.15. The Kier molecular flexibility index (Phi) is 6.68. The SMILES string of the molecule is CCCCCOc1ccc(C2c3c(oc4ccc(Cl)cc4c3=O)C(=O)N2c2nnc(C)s2)cc1OC. The molecule has 0 saturated carbocycles. The summed E-state index contributed by atoms with van der Waals surface area (Å²) in [5.74, 6) is 0.620. The smallest absolute Gasteiger partial charge is 0.297 e. The van der Waals surface area contributed by atoms with Gasteiger partial charge >= 0.3 is 0 Å². The van der Waals surface area contributed by atoms with Crippen LogP contribution < -0.4 is 19.8 Å². The van der Waals surface area contributed by atoms with Crippen LogP contribution in [0.5, 0.6) is 11.5 Å². The molecule has 0 radical (unpaired) electrons. The van der Waals surface area contributed by atoms with Crippen molar-refractivity contribution in [3.8, 4) is 11.5 Å². The maximum absolute atomic E-state index is 13.7. The molecule has 1 aliphatic heterocycles. The van der Waals surface area contributed by atoms with Crippen LogP contribution in [0.4, 0.5) is 5.13 Å². The number of benzene rings is 2. The Bertz CT molecular complexity index is 1520. The Hall–Kier alpha value is -3.43. The molecule has 8 nitrogen and oxygen atoms in total. The van der Waals surface area contributed by atoms with E-state index in [-0.39, 0.29) is 16.8 Å². The third kappa shape index (κ3) is 4.22. The molecular weight excluding hydrogens is 502 g/mol. The molecule has 1 atom stereocenters. The van der Waals surface area contributed by atoms with Crippen molar-refractivity contribution in [3.05, 3.63) is 73.5 Å². The third-order valence-electron chi connectivity index (χ3n) is 6.06. The Labute approximate surface area is 216 Å². The lowest BCUT2D eigenvalue weighted by molar-refractivity contribution is 0.0970. The number of rotatable bonds is 8. The van der Waals surface area contributed by atoms with Crippen molar-refractivity contribution < 1.29 is 18.7 Å². The van der Waals surface area contributed by atoms with Crippen LogP contribution in [0.3, 0.4) is 0 Å². The molecule has 2 aromatic heterocycles. The minimum atomic E-state index is -0.789. The minimum Gasteiger partial charge on any atom is -0.493 e. The fourth-order valence-electron chi connectivity index (χ4n) is 4.35. The van der Waals surface area contributed by atoms with Crippen molar-refractivity contribution in [2.75, 3.05) is 18.6 Å². The zero-order valence-electron chi connectivity index (χ0n) is 20.0. The lowest BCUT2D eigenvalue weighted by Gasteiger charge is -2.23. The summed E-state index contributed by atoms with van der Waals surface area (Å²) in [5.41, 5.74) is 0.844. The second kappa shape index (κ2) is 9.91. The first kappa shape index (κ1) is 24.3. The van der Waals surface area contributed by atoms with Gasteiger partial charge in [0.15, 0.2) is 16.9 Å². The van der Waals surface area contributed by atoms with Crippen LogP contribution in [0, 0.1) is 6.92 Å². The molecule has 0 fully saturated rings. The number of halogens is 1. The van der Waals surface area contributed by atoms with Gasteiger partial charge < -0.3 is 13.9 Å². The molecule has 2 aromatic carbocycles. The van der Waals surface area contributed by atoms with Gasteiger partial charge in [0.25, 0.3) is 5.91 Å². The number of nitrogens with zero attached hydrogens (tertiary/aromatic N) is 3. The lowest BCUT2D eigenvalue weighted by Crippen LogP contribution is -2.29. The van der Waals surface area contributed by atoms with Gasteiger partial charge in [-0.15, -0.1) is 10.2 Å². The molecule has 0 N–H and O–H groups in total. The molecular formula is C26H24ClN3O5S. The van der Waals surface area contributed by atoms with Crippen molar-refractivity contribution in [2.45, 2.75) is 39.2 Å². The van der Waals surface area contributed by atoms with Crippen molar-refractivity contribution >= 4 is 44.9 Å². The van der Waals surface area contributed by atoms with E-state index in [1.54, 1.807) is 44.4 Å². The van der Waals surface area contributed by atoms with Gasteiger partial charge in [-0.2, -0.15) is 0 Å². The summed E-state index contributed by atoms with van der Waals surface area (Å²) >= 11 is 7.43. The number of aryl methyl sites for hydroxylation is 1. The van der Waals surface area contributed by atoms with Gasteiger partial charge in [-0.1, -0.05) is 48.8 Å². The average Bonchev–Trinajstić information content (AvgIpc) is 3.43. The first-order chi connectivity index (χ1) is 17.4. The zero-order valence-corrected chi connectivity index (χ0v) is 21.6. The van der Waals surface area contributed by atoms with E-state index in [4.69, 9.17) is 25.5 Å². The number of amides is 1. The van der Waals surface area contributed by atoms with Gasteiger partial charge in [0, 0.05) is 5.02 Å². The summed E-state index contributed by atoms with van der Waals surface area (Å²) in [7, 11) is 1.56. The molecule has 36 heavy (non-hydrogen) atoms. The van der Waals surface area contributed by atoms with E-state index in [1.807, 2.05) is 6.07 Å². The van der Waals surface area contributed by atoms with Crippen LogP contribution >= 0.6 is 22.9 Å². The van der Waals surface area contributed by atoms with E-state index in [2.05, 4.69) is 17.1 Å². The Morgan fingerprint density at radius 3 is 2.67 bits per heavy atom. The number of hydrogen-bond donors (Lipinski definition) is 0. The van der Waals surface area contributed by atoms with E-state index in [0.717, 1.165) is 19.3 Å². The number of ether oxygens (including phenoxy) is 2. The maximum Gasteiger partial charge on any atom is 0.297 e. The van der Waals surface area contributed by atoms with Crippen LogP contribution in [0.25, 0.3) is 11.0 Å². The van der Waals surface area contributed by atoms with Crippen LogP contribution in [-0.4, -0.2) is 29.8 Å². The lowest BCUT2D eigenvalue weighted by atomic mass is 9.98. The van der Waals surface area contributed by atoms with Crippen molar-refractivity contribution in [1.29, 1.82) is 0 Å². The van der Waals surface area contributed by atoms with Crippen LogP contribution in [0.1, 0.15) is 58.9 Å². The second-order valence-electron chi connectivity index (χ2n) is 8.46. The van der Waals surface area contributed by atoms with E-state index in [1.165, 1.54) is 16.2 Å².